The summed E-state index contributed by atoms with van der Waals surface area (Å²) in [4.78, 5) is 26.1. The van der Waals surface area contributed by atoms with Crippen molar-refractivity contribution < 1.29 is 9.59 Å². The maximum Gasteiger partial charge on any atom is 0.251 e. The molecule has 25 heavy (non-hydrogen) atoms. The van der Waals surface area contributed by atoms with Gasteiger partial charge in [0.05, 0.1) is 11.4 Å². The predicted molar refractivity (Wildman–Crippen MR) is 95.6 cm³/mol. The molecule has 0 saturated heterocycles. The molecule has 0 radical (unpaired) electrons. The fourth-order valence-electron chi connectivity index (χ4n) is 2.86. The van der Waals surface area contributed by atoms with Crippen molar-refractivity contribution >= 4 is 23.2 Å². The average Bonchev–Trinajstić information content (AvgIpc) is 3.39. The summed E-state index contributed by atoms with van der Waals surface area (Å²) in [6.07, 6.45) is 7.68. The van der Waals surface area contributed by atoms with Gasteiger partial charge in [-0.15, -0.1) is 12.3 Å². The number of terminal acetylenes is 1. The molecule has 0 saturated carbocycles. The van der Waals surface area contributed by atoms with Crippen LogP contribution in [0.1, 0.15) is 36.0 Å². The summed E-state index contributed by atoms with van der Waals surface area (Å²) in [5.41, 5.74) is 1.68. The highest BCUT2D eigenvalue weighted by Crippen LogP contribution is 2.36. The Morgan fingerprint density at radius 1 is 1.44 bits per heavy atom. The average molecular weight is 339 g/mol. The zero-order valence-corrected chi connectivity index (χ0v) is 14.2. The van der Waals surface area contributed by atoms with Crippen LogP contribution in [0, 0.1) is 12.3 Å². The monoisotopic (exact) mass is 339 g/mol. The van der Waals surface area contributed by atoms with Crippen molar-refractivity contribution in [2.45, 2.75) is 31.3 Å². The van der Waals surface area contributed by atoms with Gasteiger partial charge in [0.25, 0.3) is 5.91 Å². The molecular formula is C18H21N5O2. The summed E-state index contributed by atoms with van der Waals surface area (Å²) in [6.45, 7) is 1.12. The highest BCUT2D eigenvalue weighted by Gasteiger charge is 2.38. The number of carbonyl (C=O) groups is 2. The Bertz CT molecular complexity index is 759. The van der Waals surface area contributed by atoms with Crippen LogP contribution in [0.3, 0.4) is 0 Å². The van der Waals surface area contributed by atoms with Crippen LogP contribution in [-0.4, -0.2) is 37.6 Å². The van der Waals surface area contributed by atoms with E-state index in [0.29, 0.717) is 43.6 Å². The van der Waals surface area contributed by atoms with Gasteiger partial charge in [0.2, 0.25) is 5.91 Å². The van der Waals surface area contributed by atoms with Crippen molar-refractivity contribution in [2.75, 3.05) is 30.4 Å². The second-order valence-corrected chi connectivity index (χ2v) is 6.34. The van der Waals surface area contributed by atoms with E-state index in [-0.39, 0.29) is 11.8 Å². The highest BCUT2D eigenvalue weighted by molar-refractivity contribution is 6.00. The zero-order chi connectivity index (χ0) is 17.9. The van der Waals surface area contributed by atoms with E-state index in [0.717, 1.165) is 12.1 Å². The second-order valence-electron chi connectivity index (χ2n) is 6.34. The maximum absolute atomic E-state index is 12.4. The maximum atomic E-state index is 12.4. The van der Waals surface area contributed by atoms with Crippen LogP contribution in [0.25, 0.3) is 0 Å². The van der Waals surface area contributed by atoms with Gasteiger partial charge >= 0.3 is 0 Å². The summed E-state index contributed by atoms with van der Waals surface area (Å²) in [7, 11) is 1.93. The van der Waals surface area contributed by atoms with E-state index >= 15 is 0 Å². The first-order valence-electron chi connectivity index (χ1n) is 8.34. The molecule has 2 aliphatic rings. The van der Waals surface area contributed by atoms with Gasteiger partial charge in [0.1, 0.15) is 0 Å². The minimum Gasteiger partial charge on any atom is -0.372 e. The summed E-state index contributed by atoms with van der Waals surface area (Å²) in [5.74, 6) is 2.35. The molecule has 7 nitrogen and oxygen atoms in total. The first-order chi connectivity index (χ1) is 12.0. The fourth-order valence-corrected chi connectivity index (χ4v) is 2.86. The standard InChI is InChI=1S/C18H21N5O2/c1-3-4-8-18(21-22-18)9-10-19-17(25)13-5-6-15-14(12-13)20-16(24)7-11-23(15)2/h1,5-6,12H,4,7-11H2,2H3,(H,19,25)(H,20,24). The number of nitrogens with one attached hydrogen (secondary N) is 2. The van der Waals surface area contributed by atoms with Crippen LogP contribution in [0.4, 0.5) is 11.4 Å². The number of hydrogen-bond acceptors (Lipinski definition) is 5. The number of carbonyl (C=O) groups excluding carboxylic acids is 2. The second kappa shape index (κ2) is 6.93. The first kappa shape index (κ1) is 17.0. The Morgan fingerprint density at radius 2 is 2.24 bits per heavy atom. The van der Waals surface area contributed by atoms with E-state index in [1.165, 1.54) is 0 Å². The third-order valence-corrected chi connectivity index (χ3v) is 4.48. The van der Waals surface area contributed by atoms with Gasteiger partial charge < -0.3 is 15.5 Å². The van der Waals surface area contributed by atoms with Gasteiger partial charge in [-0.25, -0.2) is 0 Å². The topological polar surface area (TPSA) is 86.2 Å². The summed E-state index contributed by atoms with van der Waals surface area (Å²) in [6, 6.07) is 5.34. The van der Waals surface area contributed by atoms with E-state index in [1.54, 1.807) is 12.1 Å². The SMILES string of the molecule is C#CCCC1(CCNC(=O)c2ccc3c(c2)NC(=O)CCN3C)N=N1. The Balaban J connectivity index is 1.60. The van der Waals surface area contributed by atoms with Crippen LogP contribution in [-0.2, 0) is 4.79 Å². The van der Waals surface area contributed by atoms with Gasteiger partial charge in [-0.3, -0.25) is 9.59 Å². The number of benzene rings is 1. The van der Waals surface area contributed by atoms with Crippen LogP contribution < -0.4 is 15.5 Å². The summed E-state index contributed by atoms with van der Waals surface area (Å²) in [5, 5.41) is 13.8. The molecule has 130 valence electrons. The van der Waals surface area contributed by atoms with Gasteiger partial charge in [-0.2, -0.15) is 10.2 Å². The van der Waals surface area contributed by atoms with Crippen LogP contribution in [0.2, 0.25) is 0 Å². The normalized spacial score (nSPS) is 17.1. The van der Waals surface area contributed by atoms with Gasteiger partial charge in [-0.05, 0) is 18.2 Å². The highest BCUT2D eigenvalue weighted by atomic mass is 16.2. The molecule has 7 heteroatoms. The molecule has 1 aromatic rings. The molecule has 2 amide bonds. The van der Waals surface area contributed by atoms with Gasteiger partial charge in [0, 0.05) is 51.4 Å². The van der Waals surface area contributed by atoms with Crippen molar-refractivity contribution in [3.05, 3.63) is 23.8 Å². The number of nitrogens with zero attached hydrogens (tertiary/aromatic N) is 3. The largest absolute Gasteiger partial charge is 0.372 e. The van der Waals surface area contributed by atoms with Crippen molar-refractivity contribution in [3.63, 3.8) is 0 Å². The lowest BCUT2D eigenvalue weighted by atomic mass is 10.0. The molecule has 0 aliphatic carbocycles. The summed E-state index contributed by atoms with van der Waals surface area (Å²) < 4.78 is 0. The minimum atomic E-state index is -0.399. The Hall–Kier alpha value is -2.88. The fraction of sp³-hybridized carbons (Fsp3) is 0.444. The molecule has 1 aromatic carbocycles. The number of anilines is 2. The number of fused-ring (bicyclic) bond motifs is 1. The third kappa shape index (κ3) is 3.97. The molecule has 0 aromatic heterocycles. The number of hydrogen-bond donors (Lipinski definition) is 2. The van der Waals surface area contributed by atoms with Crippen LogP contribution in [0.15, 0.2) is 28.4 Å². The Morgan fingerprint density at radius 3 is 2.96 bits per heavy atom. The Kier molecular flexibility index (Phi) is 4.70. The zero-order valence-electron chi connectivity index (χ0n) is 14.2. The van der Waals surface area contributed by atoms with E-state index in [2.05, 4.69) is 26.8 Å². The molecule has 2 aliphatic heterocycles. The lowest BCUT2D eigenvalue weighted by molar-refractivity contribution is -0.115. The molecule has 0 bridgehead atoms. The van der Waals surface area contributed by atoms with E-state index in [1.807, 2.05) is 18.0 Å². The lowest BCUT2D eigenvalue weighted by Gasteiger charge is -2.18. The molecule has 0 spiro atoms. The molecule has 2 N–H and O–H groups in total. The Labute approximate surface area is 146 Å². The van der Waals surface area contributed by atoms with Gasteiger partial charge in [-0.1, -0.05) is 0 Å². The lowest BCUT2D eigenvalue weighted by Crippen LogP contribution is -2.28. The van der Waals surface area contributed by atoms with Crippen LogP contribution >= 0.6 is 0 Å². The molecule has 0 unspecified atom stereocenters. The first-order valence-corrected chi connectivity index (χ1v) is 8.34. The number of rotatable bonds is 6. The molecule has 2 heterocycles. The minimum absolute atomic E-state index is 0.0458. The van der Waals surface area contributed by atoms with Crippen molar-refractivity contribution in [3.8, 4) is 12.3 Å². The quantitative estimate of drug-likeness (QED) is 0.779. The van der Waals surface area contributed by atoms with E-state index in [4.69, 9.17) is 6.42 Å². The molecule has 0 fully saturated rings. The predicted octanol–water partition coefficient (Wildman–Crippen LogP) is 2.16. The van der Waals surface area contributed by atoms with Crippen molar-refractivity contribution in [1.82, 2.24) is 5.32 Å². The smallest absolute Gasteiger partial charge is 0.251 e. The molecule has 0 atom stereocenters. The summed E-state index contributed by atoms with van der Waals surface area (Å²) >= 11 is 0. The van der Waals surface area contributed by atoms with Crippen molar-refractivity contribution in [1.29, 1.82) is 0 Å². The van der Waals surface area contributed by atoms with E-state index < -0.39 is 5.66 Å². The third-order valence-electron chi connectivity index (χ3n) is 4.48. The van der Waals surface area contributed by atoms with E-state index in [9.17, 15) is 9.59 Å². The van der Waals surface area contributed by atoms with Crippen LogP contribution in [0.5, 0.6) is 0 Å². The molecule has 3 rings (SSSR count). The van der Waals surface area contributed by atoms with Gasteiger partial charge in [0.15, 0.2) is 5.66 Å². The number of amides is 2. The van der Waals surface area contributed by atoms with Crippen molar-refractivity contribution in [2.24, 2.45) is 10.2 Å². The molecular weight excluding hydrogens is 318 g/mol.